The fraction of sp³-hybridized carbons (Fsp3) is 0.389. The maximum absolute atomic E-state index is 12.8. The van der Waals surface area contributed by atoms with Crippen LogP contribution in [0.5, 0.6) is 11.5 Å². The number of aryl methyl sites for hydroxylation is 1. The first kappa shape index (κ1) is 16.4. The zero-order valence-corrected chi connectivity index (χ0v) is 14.6. The first-order valence-electron chi connectivity index (χ1n) is 8.59. The van der Waals surface area contributed by atoms with E-state index in [4.69, 9.17) is 9.47 Å². The summed E-state index contributed by atoms with van der Waals surface area (Å²) in [5, 5.41) is 4.05. The Bertz CT molecular complexity index is 887. The summed E-state index contributed by atoms with van der Waals surface area (Å²) in [5.74, 6) is 1.27. The molecule has 136 valence electrons. The molecule has 0 aliphatic carbocycles. The third-order valence-corrected chi connectivity index (χ3v) is 4.67. The van der Waals surface area contributed by atoms with Crippen LogP contribution in [0.1, 0.15) is 10.4 Å². The first-order chi connectivity index (χ1) is 12.6. The fourth-order valence-electron chi connectivity index (χ4n) is 3.16. The predicted octanol–water partition coefficient (Wildman–Crippen LogP) is 0.514. The summed E-state index contributed by atoms with van der Waals surface area (Å²) in [7, 11) is 1.62. The number of ether oxygens (including phenoxy) is 2. The topological polar surface area (TPSA) is 76.9 Å². The Labute approximate surface area is 150 Å². The summed E-state index contributed by atoms with van der Waals surface area (Å²) >= 11 is 0. The lowest BCUT2D eigenvalue weighted by molar-refractivity contribution is 0.0745. The fourth-order valence-corrected chi connectivity index (χ4v) is 3.16. The van der Waals surface area contributed by atoms with Crippen LogP contribution in [0.15, 0.2) is 35.3 Å². The molecule has 0 bridgehead atoms. The number of rotatable bonds is 2. The molecular formula is C18H20N4O4. The Balaban J connectivity index is 1.43. The van der Waals surface area contributed by atoms with Crippen molar-refractivity contribution in [2.75, 3.05) is 44.3 Å². The van der Waals surface area contributed by atoms with Gasteiger partial charge in [-0.3, -0.25) is 9.59 Å². The second-order valence-electron chi connectivity index (χ2n) is 6.31. The molecule has 0 saturated carbocycles. The highest BCUT2D eigenvalue weighted by atomic mass is 16.6. The van der Waals surface area contributed by atoms with E-state index in [9.17, 15) is 9.59 Å². The lowest BCUT2D eigenvalue weighted by atomic mass is 10.1. The average Bonchev–Trinajstić information content (AvgIpc) is 2.69. The number of fused-ring (bicyclic) bond motifs is 1. The Hall–Kier alpha value is -3.03. The molecule has 0 unspecified atom stereocenters. The molecule has 0 atom stereocenters. The van der Waals surface area contributed by atoms with E-state index < -0.39 is 0 Å². The monoisotopic (exact) mass is 356 g/mol. The van der Waals surface area contributed by atoms with E-state index in [1.807, 2.05) is 4.90 Å². The van der Waals surface area contributed by atoms with Crippen molar-refractivity contribution in [3.8, 4) is 11.5 Å². The van der Waals surface area contributed by atoms with Gasteiger partial charge in [0.1, 0.15) is 13.2 Å². The van der Waals surface area contributed by atoms with E-state index in [0.717, 1.165) is 5.69 Å². The second-order valence-corrected chi connectivity index (χ2v) is 6.31. The maximum atomic E-state index is 12.8. The van der Waals surface area contributed by atoms with Gasteiger partial charge in [0.2, 0.25) is 0 Å². The molecule has 1 amide bonds. The zero-order chi connectivity index (χ0) is 18.1. The van der Waals surface area contributed by atoms with Gasteiger partial charge >= 0.3 is 0 Å². The number of nitrogens with zero attached hydrogens (tertiary/aromatic N) is 4. The van der Waals surface area contributed by atoms with Gasteiger partial charge in [-0.1, -0.05) is 0 Å². The van der Waals surface area contributed by atoms with Gasteiger partial charge in [0.15, 0.2) is 11.5 Å². The van der Waals surface area contributed by atoms with E-state index in [-0.39, 0.29) is 11.5 Å². The number of carbonyl (C=O) groups is 1. The van der Waals surface area contributed by atoms with Crippen molar-refractivity contribution >= 4 is 11.6 Å². The van der Waals surface area contributed by atoms with Crippen molar-refractivity contribution in [2.45, 2.75) is 0 Å². The van der Waals surface area contributed by atoms with Crippen molar-refractivity contribution < 1.29 is 14.3 Å². The average molecular weight is 356 g/mol. The summed E-state index contributed by atoms with van der Waals surface area (Å²) in [4.78, 5) is 28.4. The highest BCUT2D eigenvalue weighted by Gasteiger charge is 2.24. The number of amides is 1. The highest BCUT2D eigenvalue weighted by molar-refractivity contribution is 5.95. The zero-order valence-electron chi connectivity index (χ0n) is 14.6. The Morgan fingerprint density at radius 1 is 1.04 bits per heavy atom. The summed E-state index contributed by atoms with van der Waals surface area (Å²) in [6.45, 7) is 3.51. The molecule has 8 nitrogen and oxygen atoms in total. The first-order valence-corrected chi connectivity index (χ1v) is 8.59. The lowest BCUT2D eigenvalue weighted by Gasteiger charge is -2.36. The molecule has 1 fully saturated rings. The van der Waals surface area contributed by atoms with E-state index >= 15 is 0 Å². The van der Waals surface area contributed by atoms with E-state index in [2.05, 4.69) is 10.00 Å². The van der Waals surface area contributed by atoms with Gasteiger partial charge in [-0.15, -0.1) is 0 Å². The van der Waals surface area contributed by atoms with Crippen molar-refractivity contribution in [3.05, 3.63) is 46.4 Å². The number of piperazine rings is 1. The lowest BCUT2D eigenvalue weighted by Crippen LogP contribution is -2.49. The molecule has 2 aromatic rings. The van der Waals surface area contributed by atoms with Gasteiger partial charge in [0.25, 0.3) is 11.5 Å². The van der Waals surface area contributed by atoms with Crippen LogP contribution in [-0.2, 0) is 7.05 Å². The Morgan fingerprint density at radius 3 is 2.50 bits per heavy atom. The quantitative estimate of drug-likeness (QED) is 0.781. The molecule has 2 aliphatic rings. The third kappa shape index (κ3) is 3.10. The van der Waals surface area contributed by atoms with Gasteiger partial charge < -0.3 is 19.3 Å². The van der Waals surface area contributed by atoms with E-state index in [1.54, 1.807) is 37.5 Å². The van der Waals surface area contributed by atoms with Gasteiger partial charge in [-0.2, -0.15) is 5.10 Å². The number of carbonyl (C=O) groups excluding carboxylic acids is 1. The van der Waals surface area contributed by atoms with Gasteiger partial charge in [-0.25, -0.2) is 4.68 Å². The highest BCUT2D eigenvalue weighted by Crippen LogP contribution is 2.31. The summed E-state index contributed by atoms with van der Waals surface area (Å²) in [6.07, 6.45) is 1.68. The minimum atomic E-state index is -0.141. The van der Waals surface area contributed by atoms with Crippen LogP contribution in [0.4, 0.5) is 5.69 Å². The molecule has 0 N–H and O–H groups in total. The number of hydrogen-bond donors (Lipinski definition) is 0. The molecule has 1 aromatic carbocycles. The summed E-state index contributed by atoms with van der Waals surface area (Å²) in [5.41, 5.74) is 1.25. The van der Waals surface area contributed by atoms with E-state index in [0.29, 0.717) is 56.5 Å². The number of benzene rings is 1. The minimum Gasteiger partial charge on any atom is -0.486 e. The smallest absolute Gasteiger partial charge is 0.268 e. The predicted molar refractivity (Wildman–Crippen MR) is 95.0 cm³/mol. The molecule has 4 rings (SSSR count). The molecule has 0 radical (unpaired) electrons. The number of hydrogen-bond acceptors (Lipinski definition) is 6. The molecule has 3 heterocycles. The van der Waals surface area contributed by atoms with Crippen LogP contribution in [0.3, 0.4) is 0 Å². The normalized spacial score (nSPS) is 16.5. The Kier molecular flexibility index (Phi) is 4.24. The van der Waals surface area contributed by atoms with Gasteiger partial charge in [0, 0.05) is 44.9 Å². The van der Waals surface area contributed by atoms with Crippen LogP contribution in [0.25, 0.3) is 0 Å². The number of aromatic nitrogens is 2. The van der Waals surface area contributed by atoms with Gasteiger partial charge in [-0.05, 0) is 18.2 Å². The molecule has 2 aliphatic heterocycles. The van der Waals surface area contributed by atoms with Crippen LogP contribution in [-0.4, -0.2) is 60.0 Å². The standard InChI is InChI=1S/C18H20N4O4/c1-20-17(23)11-14(12-19-20)21-4-6-22(7-5-21)18(24)13-2-3-15-16(10-13)26-9-8-25-15/h2-3,10-12H,4-9H2,1H3. The summed E-state index contributed by atoms with van der Waals surface area (Å²) in [6, 6.07) is 6.87. The number of anilines is 1. The van der Waals surface area contributed by atoms with Crippen molar-refractivity contribution in [1.29, 1.82) is 0 Å². The van der Waals surface area contributed by atoms with Gasteiger partial charge in [0.05, 0.1) is 11.9 Å². The molecule has 1 aromatic heterocycles. The third-order valence-electron chi connectivity index (χ3n) is 4.67. The minimum absolute atomic E-state index is 0.0243. The molecule has 0 spiro atoms. The molecular weight excluding hydrogens is 336 g/mol. The summed E-state index contributed by atoms with van der Waals surface area (Å²) < 4.78 is 12.3. The van der Waals surface area contributed by atoms with Crippen molar-refractivity contribution in [1.82, 2.24) is 14.7 Å². The van der Waals surface area contributed by atoms with Crippen LogP contribution < -0.4 is 19.9 Å². The van der Waals surface area contributed by atoms with Crippen LogP contribution in [0.2, 0.25) is 0 Å². The molecule has 1 saturated heterocycles. The largest absolute Gasteiger partial charge is 0.486 e. The second kappa shape index (κ2) is 6.70. The van der Waals surface area contributed by atoms with Crippen molar-refractivity contribution in [3.63, 3.8) is 0 Å². The van der Waals surface area contributed by atoms with Crippen LogP contribution in [0, 0.1) is 0 Å². The van der Waals surface area contributed by atoms with E-state index in [1.165, 1.54) is 4.68 Å². The Morgan fingerprint density at radius 2 is 1.77 bits per heavy atom. The van der Waals surface area contributed by atoms with Crippen molar-refractivity contribution in [2.24, 2.45) is 7.05 Å². The van der Waals surface area contributed by atoms with Crippen LogP contribution >= 0.6 is 0 Å². The maximum Gasteiger partial charge on any atom is 0.268 e. The molecule has 8 heteroatoms. The molecule has 26 heavy (non-hydrogen) atoms. The SMILES string of the molecule is Cn1ncc(N2CCN(C(=O)c3ccc4c(c3)OCCO4)CC2)cc1=O.